The third-order valence-electron chi connectivity index (χ3n) is 2.23. The van der Waals surface area contributed by atoms with Gasteiger partial charge in [-0.2, -0.15) is 5.10 Å². The lowest BCUT2D eigenvalue weighted by Gasteiger charge is -2.10. The van der Waals surface area contributed by atoms with E-state index in [1.165, 1.54) is 6.33 Å². The van der Waals surface area contributed by atoms with Crippen LogP contribution in [0.1, 0.15) is 11.9 Å². The molecule has 14 heavy (non-hydrogen) atoms. The SMILES string of the molecule is OC[C@H]1OC(c2nc[nH]n2)[C@H](O)[C@@H]1O. The molecule has 7 nitrogen and oxygen atoms in total. The maximum Gasteiger partial charge on any atom is 0.181 e. The van der Waals surface area contributed by atoms with E-state index in [0.717, 1.165) is 0 Å². The largest absolute Gasteiger partial charge is 0.394 e. The Labute approximate surface area is 79.4 Å². The van der Waals surface area contributed by atoms with Gasteiger partial charge in [-0.1, -0.05) is 0 Å². The van der Waals surface area contributed by atoms with Crippen LogP contribution in [0, 0.1) is 0 Å². The van der Waals surface area contributed by atoms with Gasteiger partial charge in [0, 0.05) is 0 Å². The van der Waals surface area contributed by atoms with E-state index in [4.69, 9.17) is 9.84 Å². The molecule has 1 unspecified atom stereocenters. The number of nitrogens with zero attached hydrogens (tertiary/aromatic N) is 2. The maximum absolute atomic E-state index is 9.55. The molecule has 4 N–H and O–H groups in total. The van der Waals surface area contributed by atoms with E-state index < -0.39 is 24.4 Å². The van der Waals surface area contributed by atoms with Gasteiger partial charge < -0.3 is 20.1 Å². The second-order valence-electron chi connectivity index (χ2n) is 3.12. The highest BCUT2D eigenvalue weighted by atomic mass is 16.6. The Morgan fingerprint density at radius 2 is 2.21 bits per heavy atom. The molecule has 0 bridgehead atoms. The van der Waals surface area contributed by atoms with E-state index >= 15 is 0 Å². The highest BCUT2D eigenvalue weighted by Crippen LogP contribution is 2.30. The number of aromatic nitrogens is 3. The van der Waals surface area contributed by atoms with Crippen LogP contribution in [0.5, 0.6) is 0 Å². The first kappa shape index (κ1) is 9.53. The molecule has 1 aliphatic rings. The number of H-pyrrole nitrogens is 1. The zero-order chi connectivity index (χ0) is 10.1. The van der Waals surface area contributed by atoms with Crippen LogP contribution in [0.4, 0.5) is 0 Å². The summed E-state index contributed by atoms with van der Waals surface area (Å²) in [5.74, 6) is 0.271. The lowest BCUT2D eigenvalue weighted by Crippen LogP contribution is -2.32. The fraction of sp³-hybridized carbons (Fsp3) is 0.714. The predicted octanol–water partition coefficient (Wildman–Crippen LogP) is -2.04. The second-order valence-corrected chi connectivity index (χ2v) is 3.12. The molecule has 0 saturated carbocycles. The van der Waals surface area contributed by atoms with Crippen LogP contribution in [0.3, 0.4) is 0 Å². The van der Waals surface area contributed by atoms with Crippen molar-refractivity contribution in [2.45, 2.75) is 24.4 Å². The summed E-state index contributed by atoms with van der Waals surface area (Å²) in [6.07, 6.45) is -2.43. The average molecular weight is 201 g/mol. The molecule has 78 valence electrons. The lowest BCUT2D eigenvalue weighted by molar-refractivity contribution is -0.0251. The second kappa shape index (κ2) is 3.62. The number of aliphatic hydroxyl groups is 3. The van der Waals surface area contributed by atoms with E-state index in [9.17, 15) is 10.2 Å². The maximum atomic E-state index is 9.55. The van der Waals surface area contributed by atoms with E-state index in [0.29, 0.717) is 0 Å². The standard InChI is InChI=1S/C7H11N3O4/c11-1-3-4(12)5(13)6(14-3)7-8-2-9-10-7/h2-6,11-13H,1H2,(H,8,9,10)/t3-,4-,5-,6?/m1/s1. The third-order valence-corrected chi connectivity index (χ3v) is 2.23. The van der Waals surface area contributed by atoms with Crippen molar-refractivity contribution in [1.29, 1.82) is 0 Å². The molecular formula is C7H11N3O4. The summed E-state index contributed by atoms with van der Waals surface area (Å²) >= 11 is 0. The zero-order valence-corrected chi connectivity index (χ0v) is 7.24. The Morgan fingerprint density at radius 3 is 2.71 bits per heavy atom. The molecule has 1 aromatic rings. The normalized spacial score (nSPS) is 37.6. The van der Waals surface area contributed by atoms with Crippen LogP contribution in [0.2, 0.25) is 0 Å². The Morgan fingerprint density at radius 1 is 1.43 bits per heavy atom. The minimum atomic E-state index is -1.11. The van der Waals surface area contributed by atoms with Gasteiger partial charge >= 0.3 is 0 Å². The van der Waals surface area contributed by atoms with Crippen molar-refractivity contribution in [2.24, 2.45) is 0 Å². The average Bonchev–Trinajstić information content (AvgIpc) is 2.78. The first-order valence-corrected chi connectivity index (χ1v) is 4.22. The molecule has 4 atom stereocenters. The Kier molecular flexibility index (Phi) is 2.46. The molecule has 0 aromatic carbocycles. The highest BCUT2D eigenvalue weighted by Gasteiger charge is 2.44. The molecule has 1 saturated heterocycles. The quantitative estimate of drug-likeness (QED) is 0.438. The fourth-order valence-corrected chi connectivity index (χ4v) is 1.47. The van der Waals surface area contributed by atoms with Gasteiger partial charge in [-0.15, -0.1) is 0 Å². The van der Waals surface area contributed by atoms with E-state index in [2.05, 4.69) is 15.2 Å². The molecule has 2 rings (SSSR count). The van der Waals surface area contributed by atoms with Crippen LogP contribution in [-0.4, -0.2) is 55.4 Å². The molecule has 1 fully saturated rings. The molecule has 1 aliphatic heterocycles. The summed E-state index contributed by atoms with van der Waals surface area (Å²) in [6, 6.07) is 0. The summed E-state index contributed by atoms with van der Waals surface area (Å²) in [4.78, 5) is 3.81. The Bertz CT molecular complexity index is 291. The Hall–Kier alpha value is -1.02. The van der Waals surface area contributed by atoms with Gasteiger partial charge in [-0.3, -0.25) is 5.10 Å². The van der Waals surface area contributed by atoms with Gasteiger partial charge in [0.2, 0.25) is 0 Å². The first-order valence-electron chi connectivity index (χ1n) is 4.22. The van der Waals surface area contributed by atoms with Crippen LogP contribution >= 0.6 is 0 Å². The zero-order valence-electron chi connectivity index (χ0n) is 7.24. The van der Waals surface area contributed by atoms with Crippen molar-refractivity contribution in [3.8, 4) is 0 Å². The molecule has 7 heteroatoms. The van der Waals surface area contributed by atoms with Crippen molar-refractivity contribution >= 4 is 0 Å². The van der Waals surface area contributed by atoms with Crippen LogP contribution in [-0.2, 0) is 4.74 Å². The van der Waals surface area contributed by atoms with Crippen LogP contribution in [0.15, 0.2) is 6.33 Å². The molecule has 0 radical (unpaired) electrons. The van der Waals surface area contributed by atoms with Crippen LogP contribution in [0.25, 0.3) is 0 Å². The fourth-order valence-electron chi connectivity index (χ4n) is 1.47. The Balaban J connectivity index is 2.16. The summed E-state index contributed by atoms with van der Waals surface area (Å²) in [7, 11) is 0. The van der Waals surface area contributed by atoms with E-state index in [-0.39, 0.29) is 12.4 Å². The molecule has 1 aromatic heterocycles. The molecule has 2 heterocycles. The van der Waals surface area contributed by atoms with Gasteiger partial charge in [-0.05, 0) is 0 Å². The first-order chi connectivity index (χ1) is 6.74. The number of ether oxygens (including phenoxy) is 1. The molecule has 0 amide bonds. The van der Waals surface area contributed by atoms with Gasteiger partial charge in [0.15, 0.2) is 5.82 Å². The summed E-state index contributed by atoms with van der Waals surface area (Å²) < 4.78 is 5.18. The minimum absolute atomic E-state index is 0.271. The molecule has 0 aliphatic carbocycles. The monoisotopic (exact) mass is 201 g/mol. The topological polar surface area (TPSA) is 111 Å². The van der Waals surface area contributed by atoms with Gasteiger partial charge in [0.25, 0.3) is 0 Å². The number of aromatic amines is 1. The van der Waals surface area contributed by atoms with Crippen molar-refractivity contribution in [1.82, 2.24) is 15.2 Å². The number of hydrogen-bond acceptors (Lipinski definition) is 6. The van der Waals surface area contributed by atoms with Crippen molar-refractivity contribution in [3.63, 3.8) is 0 Å². The van der Waals surface area contributed by atoms with Crippen molar-refractivity contribution in [3.05, 3.63) is 12.2 Å². The minimum Gasteiger partial charge on any atom is -0.394 e. The van der Waals surface area contributed by atoms with Gasteiger partial charge in [0.1, 0.15) is 30.7 Å². The number of rotatable bonds is 2. The highest BCUT2D eigenvalue weighted by molar-refractivity contribution is 5.00. The number of aliphatic hydroxyl groups excluding tert-OH is 3. The summed E-state index contributed by atoms with van der Waals surface area (Å²) in [5, 5.41) is 34.0. The smallest absolute Gasteiger partial charge is 0.181 e. The molecular weight excluding hydrogens is 190 g/mol. The molecule has 0 spiro atoms. The third kappa shape index (κ3) is 1.40. The van der Waals surface area contributed by atoms with E-state index in [1.807, 2.05) is 0 Å². The van der Waals surface area contributed by atoms with Gasteiger partial charge in [-0.25, -0.2) is 4.98 Å². The number of hydrogen-bond donors (Lipinski definition) is 4. The summed E-state index contributed by atoms with van der Waals surface area (Å²) in [5.41, 5.74) is 0. The van der Waals surface area contributed by atoms with Crippen molar-refractivity contribution in [2.75, 3.05) is 6.61 Å². The van der Waals surface area contributed by atoms with Crippen molar-refractivity contribution < 1.29 is 20.1 Å². The van der Waals surface area contributed by atoms with Gasteiger partial charge in [0.05, 0.1) is 6.61 Å². The predicted molar refractivity (Wildman–Crippen MR) is 43.1 cm³/mol. The lowest BCUT2D eigenvalue weighted by atomic mass is 10.1. The van der Waals surface area contributed by atoms with E-state index in [1.54, 1.807) is 0 Å². The number of nitrogens with one attached hydrogen (secondary N) is 1. The van der Waals surface area contributed by atoms with Crippen LogP contribution < -0.4 is 0 Å². The summed E-state index contributed by atoms with van der Waals surface area (Å²) in [6.45, 7) is -0.348.